The molecular formula is C25H23F3N4O3. The van der Waals surface area contributed by atoms with Gasteiger partial charge in [0.25, 0.3) is 0 Å². The van der Waals surface area contributed by atoms with Gasteiger partial charge in [-0.3, -0.25) is 4.79 Å². The lowest BCUT2D eigenvalue weighted by atomic mass is 9.96. The van der Waals surface area contributed by atoms with Gasteiger partial charge >= 0.3 is 6.18 Å². The zero-order valence-corrected chi connectivity index (χ0v) is 18.7. The molecule has 7 nitrogen and oxygen atoms in total. The Morgan fingerprint density at radius 1 is 1.00 bits per heavy atom. The third-order valence-electron chi connectivity index (χ3n) is 6.00. The van der Waals surface area contributed by atoms with Crippen molar-refractivity contribution in [2.45, 2.75) is 18.5 Å². The lowest BCUT2D eigenvalue weighted by molar-refractivity contribution is -0.137. The summed E-state index contributed by atoms with van der Waals surface area (Å²) in [7, 11) is 0. The Bertz CT molecular complexity index is 1230. The van der Waals surface area contributed by atoms with Crippen molar-refractivity contribution in [3.63, 3.8) is 0 Å². The van der Waals surface area contributed by atoms with Crippen LogP contribution in [0.2, 0.25) is 0 Å². The van der Waals surface area contributed by atoms with E-state index in [-0.39, 0.29) is 5.91 Å². The first-order valence-corrected chi connectivity index (χ1v) is 11.3. The van der Waals surface area contributed by atoms with Gasteiger partial charge in [0.15, 0.2) is 0 Å². The summed E-state index contributed by atoms with van der Waals surface area (Å²) >= 11 is 0. The van der Waals surface area contributed by atoms with Gasteiger partial charge in [-0.1, -0.05) is 18.2 Å². The second kappa shape index (κ2) is 9.53. The second-order valence-corrected chi connectivity index (χ2v) is 8.32. The summed E-state index contributed by atoms with van der Waals surface area (Å²) in [4.78, 5) is 24.4. The highest BCUT2D eigenvalue weighted by molar-refractivity contribution is 5.95. The van der Waals surface area contributed by atoms with Crippen LogP contribution in [0.1, 0.15) is 23.6 Å². The van der Waals surface area contributed by atoms with Crippen LogP contribution >= 0.6 is 0 Å². The fourth-order valence-electron chi connectivity index (χ4n) is 4.20. The van der Waals surface area contributed by atoms with E-state index in [1.807, 2.05) is 12.1 Å². The quantitative estimate of drug-likeness (QED) is 0.588. The van der Waals surface area contributed by atoms with Crippen molar-refractivity contribution in [1.82, 2.24) is 9.97 Å². The molecule has 1 amide bonds. The summed E-state index contributed by atoms with van der Waals surface area (Å²) in [6.07, 6.45) is -4.07. The topological polar surface area (TPSA) is 76.6 Å². The number of rotatable bonds is 4. The minimum Gasteiger partial charge on any atom is -0.492 e. The second-order valence-electron chi connectivity index (χ2n) is 8.32. The number of aromatic nitrogens is 2. The van der Waals surface area contributed by atoms with Gasteiger partial charge in [0, 0.05) is 18.7 Å². The molecule has 5 rings (SSSR count). The van der Waals surface area contributed by atoms with Gasteiger partial charge in [0.2, 0.25) is 5.91 Å². The van der Waals surface area contributed by atoms with Gasteiger partial charge in [0.1, 0.15) is 17.4 Å². The Morgan fingerprint density at radius 3 is 2.60 bits per heavy atom. The van der Waals surface area contributed by atoms with Crippen molar-refractivity contribution in [3.05, 3.63) is 65.9 Å². The number of nitrogens with one attached hydrogen (secondary N) is 1. The number of morpholine rings is 1. The summed E-state index contributed by atoms with van der Waals surface area (Å²) in [5.41, 5.74) is 0.289. The maximum absolute atomic E-state index is 13.2. The molecule has 1 unspecified atom stereocenters. The van der Waals surface area contributed by atoms with Crippen LogP contribution in [-0.4, -0.2) is 48.8 Å². The minimum absolute atomic E-state index is 0.296. The van der Waals surface area contributed by atoms with Crippen LogP contribution in [0.3, 0.4) is 0 Å². The molecule has 0 spiro atoms. The van der Waals surface area contributed by atoms with Crippen LogP contribution in [0.5, 0.6) is 5.75 Å². The highest BCUT2D eigenvalue weighted by Crippen LogP contribution is 2.36. The normalized spacial score (nSPS) is 17.9. The Labute approximate surface area is 199 Å². The van der Waals surface area contributed by atoms with E-state index in [4.69, 9.17) is 9.47 Å². The average molecular weight is 484 g/mol. The SMILES string of the molecule is O=C(Nc1cccc(N2CCOCC2)n1)C1CCOc2ccc(-c3cccc(C(F)(F)F)c3)nc21. The fraction of sp³-hybridized carbons (Fsp3) is 0.320. The fourth-order valence-corrected chi connectivity index (χ4v) is 4.20. The first-order valence-electron chi connectivity index (χ1n) is 11.3. The number of carbonyl (C=O) groups is 1. The van der Waals surface area contributed by atoms with Crippen LogP contribution in [0.4, 0.5) is 24.8 Å². The van der Waals surface area contributed by atoms with E-state index in [0.29, 0.717) is 54.8 Å². The van der Waals surface area contributed by atoms with E-state index in [2.05, 4.69) is 20.2 Å². The number of halogens is 3. The molecule has 0 aliphatic carbocycles. The smallest absolute Gasteiger partial charge is 0.416 e. The number of ether oxygens (including phenoxy) is 2. The average Bonchev–Trinajstić information content (AvgIpc) is 2.88. The van der Waals surface area contributed by atoms with Crippen LogP contribution in [0.15, 0.2) is 54.6 Å². The Morgan fingerprint density at radius 2 is 1.80 bits per heavy atom. The molecule has 1 aromatic carbocycles. The molecule has 2 aliphatic rings. The monoisotopic (exact) mass is 484 g/mol. The molecule has 0 radical (unpaired) electrons. The molecule has 10 heteroatoms. The number of carbonyl (C=O) groups excluding carboxylic acids is 1. The highest BCUT2D eigenvalue weighted by Gasteiger charge is 2.32. The summed E-state index contributed by atoms with van der Waals surface area (Å²) < 4.78 is 50.6. The number of nitrogens with zero attached hydrogens (tertiary/aromatic N) is 3. The summed E-state index contributed by atoms with van der Waals surface area (Å²) in [5, 5.41) is 2.87. The molecule has 182 valence electrons. The van der Waals surface area contributed by atoms with Crippen molar-refractivity contribution in [2.24, 2.45) is 0 Å². The summed E-state index contributed by atoms with van der Waals surface area (Å²) in [6.45, 7) is 3.02. The van der Waals surface area contributed by atoms with Crippen molar-refractivity contribution < 1.29 is 27.4 Å². The van der Waals surface area contributed by atoms with Crippen LogP contribution < -0.4 is 15.0 Å². The Balaban J connectivity index is 1.39. The van der Waals surface area contributed by atoms with Crippen molar-refractivity contribution in [2.75, 3.05) is 43.1 Å². The number of amides is 1. The van der Waals surface area contributed by atoms with Crippen LogP contribution in [0, 0.1) is 0 Å². The number of alkyl halides is 3. The molecule has 0 bridgehead atoms. The summed E-state index contributed by atoms with van der Waals surface area (Å²) in [6, 6.07) is 13.6. The molecule has 1 fully saturated rings. The van der Waals surface area contributed by atoms with Gasteiger partial charge in [0.05, 0.1) is 42.7 Å². The van der Waals surface area contributed by atoms with E-state index in [9.17, 15) is 18.0 Å². The van der Waals surface area contributed by atoms with Gasteiger partial charge in [-0.15, -0.1) is 0 Å². The highest BCUT2D eigenvalue weighted by atomic mass is 19.4. The van der Waals surface area contributed by atoms with E-state index in [1.165, 1.54) is 6.07 Å². The van der Waals surface area contributed by atoms with E-state index >= 15 is 0 Å². The third kappa shape index (κ3) is 5.07. The number of anilines is 2. The number of fused-ring (bicyclic) bond motifs is 1. The van der Waals surface area contributed by atoms with E-state index in [1.54, 1.807) is 24.3 Å². The minimum atomic E-state index is -4.46. The predicted molar refractivity (Wildman–Crippen MR) is 123 cm³/mol. The zero-order valence-electron chi connectivity index (χ0n) is 18.7. The van der Waals surface area contributed by atoms with Crippen molar-refractivity contribution in [3.8, 4) is 17.0 Å². The number of hydrogen-bond acceptors (Lipinski definition) is 6. The van der Waals surface area contributed by atoms with Gasteiger partial charge < -0.3 is 19.7 Å². The van der Waals surface area contributed by atoms with Gasteiger partial charge in [-0.25, -0.2) is 9.97 Å². The Hall–Kier alpha value is -3.66. The molecule has 1 saturated heterocycles. The molecule has 35 heavy (non-hydrogen) atoms. The van der Waals surface area contributed by atoms with Crippen molar-refractivity contribution in [1.29, 1.82) is 0 Å². The van der Waals surface area contributed by atoms with Gasteiger partial charge in [-0.05, 0) is 42.8 Å². The zero-order chi connectivity index (χ0) is 24.4. The molecule has 2 aromatic heterocycles. The van der Waals surface area contributed by atoms with Crippen molar-refractivity contribution >= 4 is 17.5 Å². The van der Waals surface area contributed by atoms with E-state index < -0.39 is 17.7 Å². The lowest BCUT2D eigenvalue weighted by Gasteiger charge is -2.28. The number of pyridine rings is 2. The molecule has 2 aliphatic heterocycles. The molecule has 3 aromatic rings. The Kier molecular flexibility index (Phi) is 6.29. The molecule has 4 heterocycles. The van der Waals surface area contributed by atoms with Crippen LogP contribution in [0.25, 0.3) is 11.3 Å². The molecule has 1 atom stereocenters. The largest absolute Gasteiger partial charge is 0.492 e. The molecule has 0 saturated carbocycles. The van der Waals surface area contributed by atoms with Crippen LogP contribution in [-0.2, 0) is 15.7 Å². The first kappa shape index (κ1) is 23.1. The summed E-state index contributed by atoms with van der Waals surface area (Å²) in [5.74, 6) is 0.694. The maximum Gasteiger partial charge on any atom is 0.416 e. The molecule has 1 N–H and O–H groups in total. The number of hydrogen-bond donors (Lipinski definition) is 1. The predicted octanol–water partition coefficient (Wildman–Crippen LogP) is 4.50. The number of benzene rings is 1. The van der Waals surface area contributed by atoms with E-state index in [0.717, 1.165) is 31.0 Å². The lowest BCUT2D eigenvalue weighted by Crippen LogP contribution is -2.36. The standard InChI is InChI=1S/C25H23F3N4O3/c26-25(27,28)17-4-1-3-16(15-17)19-7-8-20-23(29-19)18(9-12-35-20)24(33)31-21-5-2-6-22(30-21)32-10-13-34-14-11-32/h1-8,15,18H,9-14H2,(H,30,31,33). The maximum atomic E-state index is 13.2. The molecular weight excluding hydrogens is 461 g/mol. The van der Waals surface area contributed by atoms with Gasteiger partial charge in [-0.2, -0.15) is 13.2 Å². The first-order chi connectivity index (χ1) is 16.9. The third-order valence-corrected chi connectivity index (χ3v) is 6.00.